The van der Waals surface area contributed by atoms with Crippen LogP contribution in [-0.4, -0.2) is 44.8 Å². The Morgan fingerprint density at radius 3 is 2.38 bits per heavy atom. The van der Waals surface area contributed by atoms with E-state index in [2.05, 4.69) is 5.32 Å². The van der Waals surface area contributed by atoms with Gasteiger partial charge in [0.2, 0.25) is 17.6 Å². The van der Waals surface area contributed by atoms with Gasteiger partial charge in [0, 0.05) is 30.1 Å². The molecule has 2 N–H and O–H groups in total. The maximum Gasteiger partial charge on any atom is 0.229 e. The summed E-state index contributed by atoms with van der Waals surface area (Å²) in [6, 6.07) is 7.66. The van der Waals surface area contributed by atoms with Crippen molar-refractivity contribution in [1.82, 2.24) is 0 Å². The van der Waals surface area contributed by atoms with Crippen molar-refractivity contribution in [2.24, 2.45) is 5.92 Å². The fourth-order valence-corrected chi connectivity index (χ4v) is 3.37. The van der Waals surface area contributed by atoms with Gasteiger partial charge in [-0.3, -0.25) is 9.59 Å². The molecular formula is C20H21ClN2O6. The molecule has 1 aliphatic heterocycles. The molecule has 3 rings (SSSR count). The van der Waals surface area contributed by atoms with Crippen molar-refractivity contribution in [2.75, 3.05) is 38.1 Å². The Hall–Kier alpha value is -3.13. The Morgan fingerprint density at radius 2 is 1.79 bits per heavy atom. The molecule has 0 bridgehead atoms. The number of phenols is 1. The molecule has 1 aliphatic rings. The van der Waals surface area contributed by atoms with Crippen molar-refractivity contribution in [3.05, 3.63) is 35.4 Å². The van der Waals surface area contributed by atoms with E-state index in [9.17, 15) is 14.7 Å². The predicted molar refractivity (Wildman–Crippen MR) is 108 cm³/mol. The Bertz CT molecular complexity index is 924. The number of methoxy groups -OCH3 is 3. The van der Waals surface area contributed by atoms with E-state index in [1.165, 1.54) is 44.4 Å². The van der Waals surface area contributed by atoms with E-state index in [1.807, 2.05) is 0 Å². The molecule has 0 saturated carbocycles. The Kier molecular flexibility index (Phi) is 6.03. The average Bonchev–Trinajstić information content (AvgIpc) is 3.11. The normalized spacial score (nSPS) is 15.9. The van der Waals surface area contributed by atoms with E-state index < -0.39 is 5.92 Å². The number of hydrogen-bond acceptors (Lipinski definition) is 6. The second-order valence-corrected chi connectivity index (χ2v) is 6.88. The van der Waals surface area contributed by atoms with E-state index >= 15 is 0 Å². The number of aromatic hydroxyl groups is 1. The number of hydrogen-bond donors (Lipinski definition) is 2. The van der Waals surface area contributed by atoms with Gasteiger partial charge in [-0.1, -0.05) is 11.6 Å². The van der Waals surface area contributed by atoms with Crippen molar-refractivity contribution < 1.29 is 28.9 Å². The van der Waals surface area contributed by atoms with Crippen LogP contribution < -0.4 is 24.4 Å². The Labute approximate surface area is 172 Å². The first-order valence-corrected chi connectivity index (χ1v) is 9.15. The molecule has 2 aromatic rings. The summed E-state index contributed by atoms with van der Waals surface area (Å²) in [7, 11) is 4.47. The third-order valence-electron chi connectivity index (χ3n) is 4.67. The fourth-order valence-electron chi connectivity index (χ4n) is 3.20. The summed E-state index contributed by atoms with van der Waals surface area (Å²) in [6.07, 6.45) is 0.0316. The number of anilines is 2. The lowest BCUT2D eigenvalue weighted by atomic mass is 10.1. The molecule has 1 saturated heterocycles. The standard InChI is InChI=1S/C20H21ClN2O6/c1-27-16-8-13(9-17(28-2)19(16)29-3)23-10-11(6-18(23)25)20(26)22-14-7-12(21)4-5-15(14)24/h4-5,7-9,11,24H,6,10H2,1-3H3,(H,22,26). The van der Waals surface area contributed by atoms with Gasteiger partial charge in [0.05, 0.1) is 38.6 Å². The number of halogens is 1. The van der Waals surface area contributed by atoms with Gasteiger partial charge in [-0.2, -0.15) is 0 Å². The highest BCUT2D eigenvalue weighted by Crippen LogP contribution is 2.42. The van der Waals surface area contributed by atoms with Gasteiger partial charge >= 0.3 is 0 Å². The molecule has 1 atom stereocenters. The predicted octanol–water partition coefficient (Wildman–Crippen LogP) is 3.06. The molecule has 154 valence electrons. The molecule has 2 aromatic carbocycles. The van der Waals surface area contributed by atoms with Crippen molar-refractivity contribution >= 4 is 34.8 Å². The highest BCUT2D eigenvalue weighted by molar-refractivity contribution is 6.31. The van der Waals surface area contributed by atoms with Crippen molar-refractivity contribution in [3.8, 4) is 23.0 Å². The summed E-state index contributed by atoms with van der Waals surface area (Å²) in [5.74, 6) is -0.0666. The number of carbonyl (C=O) groups excluding carboxylic acids is 2. The van der Waals surface area contributed by atoms with Crippen LogP contribution in [0.2, 0.25) is 5.02 Å². The van der Waals surface area contributed by atoms with Crippen LogP contribution >= 0.6 is 11.6 Å². The summed E-state index contributed by atoms with van der Waals surface area (Å²) in [5, 5.41) is 12.9. The molecule has 9 heteroatoms. The summed E-state index contributed by atoms with van der Waals surface area (Å²) in [6.45, 7) is 0.171. The topological polar surface area (TPSA) is 97.3 Å². The van der Waals surface area contributed by atoms with Crippen LogP contribution in [0.4, 0.5) is 11.4 Å². The number of nitrogens with one attached hydrogen (secondary N) is 1. The zero-order valence-electron chi connectivity index (χ0n) is 16.2. The summed E-state index contributed by atoms with van der Waals surface area (Å²) < 4.78 is 16.0. The van der Waals surface area contributed by atoms with E-state index in [4.69, 9.17) is 25.8 Å². The largest absolute Gasteiger partial charge is 0.506 e. The third kappa shape index (κ3) is 4.17. The third-order valence-corrected chi connectivity index (χ3v) is 4.91. The monoisotopic (exact) mass is 420 g/mol. The molecule has 29 heavy (non-hydrogen) atoms. The van der Waals surface area contributed by atoms with E-state index in [0.29, 0.717) is 28.0 Å². The van der Waals surface area contributed by atoms with Gasteiger partial charge in [0.1, 0.15) is 5.75 Å². The molecule has 1 heterocycles. The number of ether oxygens (including phenoxy) is 3. The molecule has 8 nitrogen and oxygen atoms in total. The van der Waals surface area contributed by atoms with Crippen molar-refractivity contribution in [1.29, 1.82) is 0 Å². The van der Waals surface area contributed by atoms with E-state index in [1.54, 1.807) is 12.1 Å². The minimum Gasteiger partial charge on any atom is -0.506 e. The van der Waals surface area contributed by atoms with Crippen LogP contribution in [0.1, 0.15) is 6.42 Å². The van der Waals surface area contributed by atoms with E-state index in [-0.39, 0.29) is 36.2 Å². The highest BCUT2D eigenvalue weighted by atomic mass is 35.5. The van der Waals surface area contributed by atoms with Gasteiger partial charge in [0.25, 0.3) is 0 Å². The zero-order chi connectivity index (χ0) is 21.1. The maximum atomic E-state index is 12.6. The fraction of sp³-hybridized carbons (Fsp3) is 0.300. The number of nitrogens with zero attached hydrogens (tertiary/aromatic N) is 1. The lowest BCUT2D eigenvalue weighted by molar-refractivity contribution is -0.122. The van der Waals surface area contributed by atoms with Gasteiger partial charge in [-0.15, -0.1) is 0 Å². The second kappa shape index (κ2) is 8.48. The van der Waals surface area contributed by atoms with Gasteiger partial charge in [0.15, 0.2) is 11.5 Å². The Morgan fingerprint density at radius 1 is 1.14 bits per heavy atom. The first-order chi connectivity index (χ1) is 13.9. The summed E-state index contributed by atoms with van der Waals surface area (Å²) in [5.41, 5.74) is 0.728. The lowest BCUT2D eigenvalue weighted by Gasteiger charge is -2.20. The van der Waals surface area contributed by atoms with Gasteiger partial charge in [-0.25, -0.2) is 0 Å². The van der Waals surface area contributed by atoms with Crippen LogP contribution in [0, 0.1) is 5.92 Å². The first-order valence-electron chi connectivity index (χ1n) is 8.77. The zero-order valence-corrected chi connectivity index (χ0v) is 16.9. The maximum absolute atomic E-state index is 12.6. The SMILES string of the molecule is COc1cc(N2CC(C(=O)Nc3cc(Cl)ccc3O)CC2=O)cc(OC)c1OC. The minimum absolute atomic E-state index is 0.0316. The summed E-state index contributed by atoms with van der Waals surface area (Å²) in [4.78, 5) is 26.7. The second-order valence-electron chi connectivity index (χ2n) is 6.44. The van der Waals surface area contributed by atoms with Crippen LogP contribution in [0.3, 0.4) is 0 Å². The van der Waals surface area contributed by atoms with Gasteiger partial charge < -0.3 is 29.5 Å². The molecule has 0 aromatic heterocycles. The molecule has 0 spiro atoms. The molecule has 1 fully saturated rings. The highest BCUT2D eigenvalue weighted by Gasteiger charge is 2.36. The molecule has 2 amide bonds. The van der Waals surface area contributed by atoms with Crippen LogP contribution in [0.5, 0.6) is 23.0 Å². The number of phenolic OH excluding ortho intramolecular Hbond substituents is 1. The molecule has 0 aliphatic carbocycles. The van der Waals surface area contributed by atoms with E-state index in [0.717, 1.165) is 0 Å². The minimum atomic E-state index is -0.597. The van der Waals surface area contributed by atoms with Crippen LogP contribution in [-0.2, 0) is 9.59 Å². The van der Waals surface area contributed by atoms with Crippen LogP contribution in [0.25, 0.3) is 0 Å². The van der Waals surface area contributed by atoms with Crippen molar-refractivity contribution in [3.63, 3.8) is 0 Å². The number of benzene rings is 2. The smallest absolute Gasteiger partial charge is 0.229 e. The Balaban J connectivity index is 1.81. The van der Waals surface area contributed by atoms with Gasteiger partial charge in [-0.05, 0) is 18.2 Å². The lowest BCUT2D eigenvalue weighted by Crippen LogP contribution is -2.28. The molecule has 1 unspecified atom stereocenters. The molecule has 0 radical (unpaired) electrons. The quantitative estimate of drug-likeness (QED) is 0.697. The first kappa shape index (κ1) is 20.6. The number of carbonyl (C=O) groups is 2. The molecular weight excluding hydrogens is 400 g/mol. The van der Waals surface area contributed by atoms with Crippen molar-refractivity contribution in [2.45, 2.75) is 6.42 Å². The van der Waals surface area contributed by atoms with Crippen LogP contribution in [0.15, 0.2) is 30.3 Å². The summed E-state index contributed by atoms with van der Waals surface area (Å²) >= 11 is 5.91. The average molecular weight is 421 g/mol. The number of amides is 2. The number of rotatable bonds is 6.